The molecule has 0 spiro atoms. The van der Waals surface area contributed by atoms with E-state index in [4.69, 9.17) is 0 Å². The molecule has 18 nitrogen and oxygen atoms in total. The zero-order valence-electron chi connectivity index (χ0n) is 41.9. The highest BCUT2D eigenvalue weighted by Gasteiger charge is 2.29. The molecule has 6 amide bonds. The smallest absolute Gasteiger partial charge is 0.256 e. The topological polar surface area (TPSA) is 278 Å². The van der Waals surface area contributed by atoms with Gasteiger partial charge in [-0.15, -0.1) is 0 Å². The lowest BCUT2D eigenvalue weighted by Crippen LogP contribution is -2.34. The number of carbonyl (C=O) groups excluding carboxylic acids is 6. The molecule has 4 atom stereocenters. The van der Waals surface area contributed by atoms with E-state index in [2.05, 4.69) is 36.6 Å². The van der Waals surface area contributed by atoms with Crippen molar-refractivity contribution in [1.29, 1.82) is 0 Å². The molecule has 3 aliphatic rings. The number of aromatic nitrogens is 2. The van der Waals surface area contributed by atoms with Crippen molar-refractivity contribution in [3.63, 3.8) is 0 Å². The molecule has 73 heavy (non-hydrogen) atoms. The van der Waals surface area contributed by atoms with Crippen molar-refractivity contribution in [3.8, 4) is 0 Å². The number of benzene rings is 2. The molecule has 0 radical (unpaired) electrons. The van der Waals surface area contributed by atoms with Gasteiger partial charge in [0.05, 0.1) is 59.5 Å². The van der Waals surface area contributed by atoms with Gasteiger partial charge in [0.1, 0.15) is 11.6 Å². The largest absolute Gasteiger partial charge is 0.393 e. The molecule has 2 aliphatic heterocycles. The minimum Gasteiger partial charge on any atom is -0.393 e. The van der Waals surface area contributed by atoms with Gasteiger partial charge in [0.2, 0.25) is 11.8 Å². The second-order valence-corrected chi connectivity index (χ2v) is 18.7. The number of aliphatic hydroxyl groups excluding tert-OH is 4. The summed E-state index contributed by atoms with van der Waals surface area (Å²) in [5, 5.41) is 54.4. The van der Waals surface area contributed by atoms with Gasteiger partial charge in [-0.05, 0) is 140 Å². The number of nitrogens with zero attached hydrogens (tertiary/aromatic N) is 1. The summed E-state index contributed by atoms with van der Waals surface area (Å²) in [6.07, 6.45) is 1.85. The van der Waals surface area contributed by atoms with Crippen LogP contribution in [-0.4, -0.2) is 127 Å². The Labute approximate surface area is 422 Å². The molecule has 11 N–H and O–H groups in total. The number of aliphatic hydroxyl groups is 4. The molecule has 1 aliphatic carbocycles. The maximum Gasteiger partial charge on any atom is 0.256 e. The number of anilines is 2. The second-order valence-electron chi connectivity index (χ2n) is 18.7. The summed E-state index contributed by atoms with van der Waals surface area (Å²) >= 11 is 0. The fraction of sp³-hybridized carbons (Fsp3) is 0.434. The summed E-state index contributed by atoms with van der Waals surface area (Å²) in [5.41, 5.74) is 7.00. The number of rotatable bonds is 21. The molecule has 0 unspecified atom stereocenters. The third-order valence-electron chi connectivity index (χ3n) is 13.0. The van der Waals surface area contributed by atoms with Crippen LogP contribution >= 0.6 is 0 Å². The summed E-state index contributed by atoms with van der Waals surface area (Å²) in [4.78, 5) is 82.3. The van der Waals surface area contributed by atoms with Crippen molar-refractivity contribution < 1.29 is 58.0 Å². The third-order valence-corrected chi connectivity index (χ3v) is 13.0. The first-order valence-electron chi connectivity index (χ1n) is 24.6. The third kappa shape index (κ3) is 14.4. The molecule has 2 aromatic heterocycles. The number of aromatic amines is 2. The van der Waals surface area contributed by atoms with E-state index in [1.165, 1.54) is 36.4 Å². The Hall–Kier alpha value is -7.00. The van der Waals surface area contributed by atoms with Crippen molar-refractivity contribution in [2.45, 2.75) is 123 Å². The first-order chi connectivity index (χ1) is 34.7. The molecule has 392 valence electrons. The predicted molar refractivity (Wildman–Crippen MR) is 272 cm³/mol. The molecular formula is C53H66F2N8O10. The van der Waals surface area contributed by atoms with Gasteiger partial charge in [0, 0.05) is 77.5 Å². The minimum atomic E-state index is -0.963. The minimum absolute atomic E-state index is 0.0347. The van der Waals surface area contributed by atoms with Crippen LogP contribution in [0.1, 0.15) is 131 Å². The van der Waals surface area contributed by atoms with Gasteiger partial charge in [0.25, 0.3) is 23.6 Å². The maximum atomic E-state index is 13.7. The van der Waals surface area contributed by atoms with Crippen LogP contribution in [0.5, 0.6) is 0 Å². The Morgan fingerprint density at radius 1 is 0.671 bits per heavy atom. The van der Waals surface area contributed by atoms with Crippen LogP contribution in [0, 0.1) is 39.3 Å². The van der Waals surface area contributed by atoms with E-state index in [-0.39, 0.29) is 93.1 Å². The molecular weight excluding hydrogens is 947 g/mol. The Kier molecular flexibility index (Phi) is 18.7. The first-order valence-corrected chi connectivity index (χ1v) is 24.6. The van der Waals surface area contributed by atoms with Crippen LogP contribution in [0.15, 0.2) is 36.4 Å². The van der Waals surface area contributed by atoms with Crippen molar-refractivity contribution in [3.05, 3.63) is 104 Å². The van der Waals surface area contributed by atoms with Gasteiger partial charge in [0.15, 0.2) is 0 Å². The fourth-order valence-electron chi connectivity index (χ4n) is 8.96. The van der Waals surface area contributed by atoms with Crippen LogP contribution in [0.25, 0.3) is 23.3 Å². The molecule has 4 aromatic rings. The summed E-state index contributed by atoms with van der Waals surface area (Å²) in [5.74, 6) is -2.68. The SMILES string of the molecule is CCN(CC)C(=O)C[C@H](O)C[C@H](O)CCNC(=O)c1c(C)[nH]c(/C=C2\C(=O)Nc3ccc(F)cc32)c1C.Cc1[nH]c(/C=C2\C(=O)Nc3ccc(F)cc32)c(C)c1C(=O)NCC[C@@H](O)C[C@@H](O)CC(=O)NC1CC1. The quantitative estimate of drug-likeness (QED) is 0.0502. The van der Waals surface area contributed by atoms with Crippen molar-refractivity contribution >= 4 is 70.1 Å². The zero-order chi connectivity index (χ0) is 53.3. The number of amides is 6. The van der Waals surface area contributed by atoms with Crippen LogP contribution in [0.2, 0.25) is 0 Å². The predicted octanol–water partition coefficient (Wildman–Crippen LogP) is 4.92. The number of nitrogens with one attached hydrogen (secondary N) is 7. The van der Waals surface area contributed by atoms with E-state index in [9.17, 15) is 58.0 Å². The van der Waals surface area contributed by atoms with Gasteiger partial charge in [-0.1, -0.05) is 0 Å². The monoisotopic (exact) mass is 1010 g/mol. The van der Waals surface area contributed by atoms with Crippen LogP contribution in [0.3, 0.4) is 0 Å². The van der Waals surface area contributed by atoms with E-state index >= 15 is 0 Å². The lowest BCUT2D eigenvalue weighted by Gasteiger charge is -2.21. The average molecular weight is 1010 g/mol. The van der Waals surface area contributed by atoms with Crippen molar-refractivity contribution in [2.24, 2.45) is 0 Å². The molecule has 4 heterocycles. The molecule has 20 heteroatoms. The Balaban J connectivity index is 0.000000238. The van der Waals surface area contributed by atoms with E-state index in [1.807, 2.05) is 13.8 Å². The van der Waals surface area contributed by atoms with Crippen LogP contribution < -0.4 is 26.6 Å². The number of halogens is 2. The van der Waals surface area contributed by atoms with E-state index < -0.39 is 36.1 Å². The van der Waals surface area contributed by atoms with Crippen LogP contribution in [0.4, 0.5) is 20.2 Å². The fourth-order valence-corrected chi connectivity index (χ4v) is 8.96. The lowest BCUT2D eigenvalue weighted by molar-refractivity contribution is -0.133. The summed E-state index contributed by atoms with van der Waals surface area (Å²) < 4.78 is 27.5. The molecule has 1 fully saturated rings. The Morgan fingerprint density at radius 2 is 1.10 bits per heavy atom. The van der Waals surface area contributed by atoms with E-state index in [0.717, 1.165) is 12.8 Å². The summed E-state index contributed by atoms with van der Waals surface area (Å²) in [7, 11) is 0. The van der Waals surface area contributed by atoms with Crippen LogP contribution in [-0.2, 0) is 19.2 Å². The molecule has 1 saturated carbocycles. The summed E-state index contributed by atoms with van der Waals surface area (Å²) in [6.45, 7) is 12.2. The highest BCUT2D eigenvalue weighted by atomic mass is 19.1. The first kappa shape index (κ1) is 55.3. The standard InChI is InChI=1S/C27H35FN4O5.C26H31FN4O5/c1-5-32(6-2)24(35)13-19(34)12-18(33)9-10-29-27(37)25-15(3)23(30-16(25)4)14-21-20-11-17(28)7-8-22(20)31-26(21)36;1-13-22(12-20-19-9-15(27)3-6-21(19)31-25(20)35)29-14(2)24(13)26(36)28-8-7-17(32)10-18(33)11-23(34)30-16-4-5-16/h7-8,11,14,18-19,30,33-34H,5-6,9-10,12-13H2,1-4H3,(H,29,37)(H,31,36);3,6,9,12,16-18,29,32-33H,4-5,7-8,10-11H2,1-2H3,(H,28,36)(H,30,34)(H,31,35)/b21-14-;20-12-/t18-,19-;17-,18-/m11/s1. The van der Waals surface area contributed by atoms with E-state index in [0.29, 0.717) is 91.8 Å². The average Bonchev–Trinajstić information content (AvgIpc) is 3.80. The normalized spacial score (nSPS) is 16.4. The molecule has 2 aromatic carbocycles. The number of H-pyrrole nitrogens is 2. The number of carbonyl (C=O) groups is 6. The Morgan fingerprint density at radius 3 is 1.51 bits per heavy atom. The number of fused-ring (bicyclic) bond motifs is 2. The lowest BCUT2D eigenvalue weighted by atomic mass is 10.0. The van der Waals surface area contributed by atoms with Gasteiger partial charge in [-0.25, -0.2) is 8.78 Å². The zero-order valence-corrected chi connectivity index (χ0v) is 41.9. The molecule has 0 saturated heterocycles. The molecule has 0 bridgehead atoms. The maximum absolute atomic E-state index is 13.7. The van der Waals surface area contributed by atoms with Gasteiger partial charge in [-0.2, -0.15) is 0 Å². The second kappa shape index (κ2) is 24.6. The van der Waals surface area contributed by atoms with Gasteiger partial charge < -0.3 is 61.9 Å². The highest BCUT2D eigenvalue weighted by Crippen LogP contribution is 2.36. The van der Waals surface area contributed by atoms with Crippen molar-refractivity contribution in [1.82, 2.24) is 30.8 Å². The number of hydrogen-bond donors (Lipinski definition) is 11. The van der Waals surface area contributed by atoms with Crippen molar-refractivity contribution in [2.75, 3.05) is 36.8 Å². The number of hydrogen-bond acceptors (Lipinski definition) is 10. The van der Waals surface area contributed by atoms with Gasteiger partial charge in [-0.3, -0.25) is 28.8 Å². The van der Waals surface area contributed by atoms with Gasteiger partial charge >= 0.3 is 0 Å². The molecule has 7 rings (SSSR count). The highest BCUT2D eigenvalue weighted by molar-refractivity contribution is 6.35. The summed E-state index contributed by atoms with van der Waals surface area (Å²) in [6, 6.07) is 8.36. The Bertz CT molecular complexity index is 2790. The van der Waals surface area contributed by atoms with E-state index in [1.54, 1.807) is 44.7 Å². The number of aryl methyl sites for hydroxylation is 2.